The van der Waals surface area contributed by atoms with E-state index in [2.05, 4.69) is 21.5 Å². The molecule has 0 amide bonds. The van der Waals surface area contributed by atoms with Gasteiger partial charge in [-0.25, -0.2) is 0 Å². The Hall–Kier alpha value is -1.31. The van der Waals surface area contributed by atoms with Crippen LogP contribution in [0.2, 0.25) is 0 Å². The second-order valence-corrected chi connectivity index (χ2v) is 5.33. The fourth-order valence-corrected chi connectivity index (χ4v) is 2.66. The number of ether oxygens (including phenoxy) is 1. The molecule has 1 heterocycles. The molecule has 1 aromatic rings. The first kappa shape index (κ1) is 20.7. The molecule has 1 saturated heterocycles. The van der Waals surface area contributed by atoms with Gasteiger partial charge in [-0.2, -0.15) is 17.6 Å². The summed E-state index contributed by atoms with van der Waals surface area (Å²) in [6.45, 7) is 6.73. The van der Waals surface area contributed by atoms with Gasteiger partial charge in [0, 0.05) is 37.8 Å². The molecule has 0 bridgehead atoms. The van der Waals surface area contributed by atoms with Gasteiger partial charge in [0.2, 0.25) is 0 Å². The van der Waals surface area contributed by atoms with E-state index in [-0.39, 0.29) is 24.2 Å². The van der Waals surface area contributed by atoms with Crippen LogP contribution in [0.4, 0.5) is 17.6 Å². The zero-order valence-electron chi connectivity index (χ0n) is 13.1. The minimum Gasteiger partial charge on any atom is -0.428 e. The SMILES string of the molecule is C=CC[C@H](c1ccccc1OC(F)(F)C(F)F)N1CCNCC1.Cl. The molecule has 3 nitrogen and oxygen atoms in total. The molecular weight excluding hydrogens is 348 g/mol. The van der Waals surface area contributed by atoms with E-state index in [1.165, 1.54) is 12.1 Å². The van der Waals surface area contributed by atoms with Gasteiger partial charge in [-0.05, 0) is 12.5 Å². The Balaban J connectivity index is 0.00000288. The molecule has 0 saturated carbocycles. The van der Waals surface area contributed by atoms with Crippen LogP contribution in [0.25, 0.3) is 0 Å². The summed E-state index contributed by atoms with van der Waals surface area (Å²) in [5, 5.41) is 3.21. The summed E-state index contributed by atoms with van der Waals surface area (Å²) in [6, 6.07) is 5.86. The summed E-state index contributed by atoms with van der Waals surface area (Å²) in [7, 11) is 0. The van der Waals surface area contributed by atoms with Crippen molar-refractivity contribution in [2.24, 2.45) is 0 Å². The van der Waals surface area contributed by atoms with Gasteiger partial charge >= 0.3 is 12.5 Å². The van der Waals surface area contributed by atoms with Gasteiger partial charge in [-0.15, -0.1) is 19.0 Å². The van der Waals surface area contributed by atoms with Crippen molar-refractivity contribution in [1.29, 1.82) is 0 Å². The fourth-order valence-electron chi connectivity index (χ4n) is 2.66. The highest BCUT2D eigenvalue weighted by Gasteiger charge is 2.44. The number of halogens is 5. The van der Waals surface area contributed by atoms with Gasteiger partial charge in [-0.1, -0.05) is 24.3 Å². The molecule has 0 unspecified atom stereocenters. The molecule has 1 fully saturated rings. The Morgan fingerprint density at radius 1 is 1.25 bits per heavy atom. The standard InChI is InChI=1S/C16H20F4N2O.ClH/c1-2-5-13(22-10-8-21-9-11-22)12-6-3-4-7-14(12)23-16(19,20)15(17)18;/h2-4,6-7,13,15,21H,1,5,8-11H2;1H/t13-;/m1./s1. The number of alkyl halides is 4. The van der Waals surface area contributed by atoms with E-state index in [9.17, 15) is 17.6 Å². The minimum atomic E-state index is -4.52. The molecule has 1 aliphatic heterocycles. The average molecular weight is 369 g/mol. The molecule has 0 aromatic heterocycles. The number of benzene rings is 1. The molecule has 2 rings (SSSR count). The smallest absolute Gasteiger partial charge is 0.428 e. The van der Waals surface area contributed by atoms with Crippen LogP contribution in [0.15, 0.2) is 36.9 Å². The summed E-state index contributed by atoms with van der Waals surface area (Å²) in [5.41, 5.74) is 0.467. The van der Waals surface area contributed by atoms with Crippen molar-refractivity contribution in [3.8, 4) is 5.75 Å². The quantitative estimate of drug-likeness (QED) is 0.584. The molecular formula is C16H21ClF4N2O. The maximum Gasteiger partial charge on any atom is 0.461 e. The lowest BCUT2D eigenvalue weighted by atomic mass is 10.00. The number of para-hydroxylation sites is 1. The van der Waals surface area contributed by atoms with Gasteiger partial charge in [0.1, 0.15) is 5.75 Å². The lowest BCUT2D eigenvalue weighted by molar-refractivity contribution is -0.253. The number of hydrogen-bond acceptors (Lipinski definition) is 3. The molecule has 1 atom stereocenters. The fraction of sp³-hybridized carbons (Fsp3) is 0.500. The molecule has 0 spiro atoms. The predicted molar refractivity (Wildman–Crippen MR) is 87.3 cm³/mol. The van der Waals surface area contributed by atoms with E-state index in [1.54, 1.807) is 18.2 Å². The van der Waals surface area contributed by atoms with Crippen molar-refractivity contribution in [3.63, 3.8) is 0 Å². The summed E-state index contributed by atoms with van der Waals surface area (Å²) < 4.78 is 55.8. The van der Waals surface area contributed by atoms with Crippen molar-refractivity contribution in [1.82, 2.24) is 10.2 Å². The molecule has 136 valence electrons. The third-order valence-corrected chi connectivity index (χ3v) is 3.76. The predicted octanol–water partition coefficient (Wildman–Crippen LogP) is 3.87. The molecule has 1 N–H and O–H groups in total. The lowest BCUT2D eigenvalue weighted by Crippen LogP contribution is -2.45. The van der Waals surface area contributed by atoms with E-state index in [4.69, 9.17) is 0 Å². The third-order valence-electron chi connectivity index (χ3n) is 3.76. The summed E-state index contributed by atoms with van der Waals surface area (Å²) in [5.74, 6) is -0.219. The van der Waals surface area contributed by atoms with E-state index >= 15 is 0 Å². The van der Waals surface area contributed by atoms with Crippen LogP contribution in [-0.4, -0.2) is 43.6 Å². The largest absolute Gasteiger partial charge is 0.461 e. The molecule has 0 aliphatic carbocycles. The third kappa shape index (κ3) is 5.09. The van der Waals surface area contributed by atoms with Crippen LogP contribution >= 0.6 is 12.4 Å². The van der Waals surface area contributed by atoms with Crippen molar-refractivity contribution in [3.05, 3.63) is 42.5 Å². The van der Waals surface area contributed by atoms with Crippen molar-refractivity contribution < 1.29 is 22.3 Å². The first-order valence-corrected chi connectivity index (χ1v) is 7.45. The maximum absolute atomic E-state index is 13.3. The monoisotopic (exact) mass is 368 g/mol. The van der Waals surface area contributed by atoms with Crippen molar-refractivity contribution in [2.45, 2.75) is 25.0 Å². The number of nitrogens with one attached hydrogen (secondary N) is 1. The normalized spacial score (nSPS) is 17.2. The number of nitrogens with zero attached hydrogens (tertiary/aromatic N) is 1. The second-order valence-electron chi connectivity index (χ2n) is 5.33. The van der Waals surface area contributed by atoms with E-state index < -0.39 is 12.5 Å². The van der Waals surface area contributed by atoms with E-state index in [0.717, 1.165) is 26.2 Å². The first-order valence-electron chi connectivity index (χ1n) is 7.45. The van der Waals surface area contributed by atoms with E-state index in [1.807, 2.05) is 0 Å². The van der Waals surface area contributed by atoms with Crippen LogP contribution in [0, 0.1) is 0 Å². The van der Waals surface area contributed by atoms with Crippen LogP contribution in [0.3, 0.4) is 0 Å². The number of hydrogen-bond donors (Lipinski definition) is 1. The molecule has 0 radical (unpaired) electrons. The Labute approximate surface area is 145 Å². The van der Waals surface area contributed by atoms with Crippen LogP contribution < -0.4 is 10.1 Å². The Bertz CT molecular complexity index is 525. The maximum atomic E-state index is 13.3. The highest BCUT2D eigenvalue weighted by Crippen LogP contribution is 2.36. The zero-order chi connectivity index (χ0) is 16.9. The van der Waals surface area contributed by atoms with Gasteiger partial charge in [0.25, 0.3) is 0 Å². The lowest BCUT2D eigenvalue weighted by Gasteiger charge is -2.35. The number of piperazine rings is 1. The van der Waals surface area contributed by atoms with Crippen molar-refractivity contribution in [2.75, 3.05) is 26.2 Å². The Morgan fingerprint density at radius 2 is 1.88 bits per heavy atom. The molecule has 24 heavy (non-hydrogen) atoms. The van der Waals surface area contributed by atoms with Gasteiger partial charge in [-0.3, -0.25) is 4.90 Å². The van der Waals surface area contributed by atoms with Crippen molar-refractivity contribution >= 4 is 12.4 Å². The Morgan fingerprint density at radius 3 is 2.46 bits per heavy atom. The Kier molecular flexibility index (Phi) is 7.99. The summed E-state index contributed by atoms with van der Waals surface area (Å²) in [6.07, 6.45) is -6.19. The van der Waals surface area contributed by atoms with Gasteiger partial charge in [0.15, 0.2) is 0 Å². The highest BCUT2D eigenvalue weighted by molar-refractivity contribution is 5.85. The second kappa shape index (κ2) is 9.25. The first-order chi connectivity index (χ1) is 11.0. The van der Waals surface area contributed by atoms with Crippen LogP contribution in [0.1, 0.15) is 18.0 Å². The molecule has 1 aliphatic rings. The number of rotatable bonds is 7. The van der Waals surface area contributed by atoms with E-state index in [0.29, 0.717) is 12.0 Å². The van der Waals surface area contributed by atoms with Crippen LogP contribution in [0.5, 0.6) is 5.75 Å². The van der Waals surface area contributed by atoms with Gasteiger partial charge in [0.05, 0.1) is 0 Å². The summed E-state index contributed by atoms with van der Waals surface area (Å²) in [4.78, 5) is 2.11. The molecule has 1 aromatic carbocycles. The van der Waals surface area contributed by atoms with Crippen LogP contribution in [-0.2, 0) is 0 Å². The minimum absolute atomic E-state index is 0. The summed E-state index contributed by atoms with van der Waals surface area (Å²) >= 11 is 0. The zero-order valence-corrected chi connectivity index (χ0v) is 13.9. The highest BCUT2D eigenvalue weighted by atomic mass is 35.5. The van der Waals surface area contributed by atoms with Gasteiger partial charge < -0.3 is 10.1 Å². The molecule has 8 heteroatoms. The average Bonchev–Trinajstić information content (AvgIpc) is 2.54. The topological polar surface area (TPSA) is 24.5 Å².